The van der Waals surface area contributed by atoms with Crippen LogP contribution < -0.4 is 5.32 Å². The maximum atomic E-state index is 11.3. The van der Waals surface area contributed by atoms with Gasteiger partial charge >= 0.3 is 0 Å². The summed E-state index contributed by atoms with van der Waals surface area (Å²) in [6.45, 7) is 7.07. The van der Waals surface area contributed by atoms with Crippen molar-refractivity contribution in [2.24, 2.45) is 5.92 Å². The van der Waals surface area contributed by atoms with Crippen LogP contribution in [0.3, 0.4) is 0 Å². The van der Waals surface area contributed by atoms with Crippen LogP contribution in [0.25, 0.3) is 0 Å². The summed E-state index contributed by atoms with van der Waals surface area (Å²) in [5.41, 5.74) is 0. The molecule has 64 valence electrons. The van der Waals surface area contributed by atoms with Gasteiger partial charge in [0.15, 0.2) is 0 Å². The Morgan fingerprint density at radius 1 is 1.64 bits per heavy atom. The van der Waals surface area contributed by atoms with Gasteiger partial charge in [-0.2, -0.15) is 11.8 Å². The molecule has 1 N–H and O–H groups in total. The molecule has 1 amide bonds. The highest BCUT2D eigenvalue weighted by Gasteiger charge is 2.33. The molecular weight excluding hydrogens is 158 g/mol. The van der Waals surface area contributed by atoms with Crippen molar-refractivity contribution in [2.45, 2.75) is 25.5 Å². The molecule has 11 heavy (non-hydrogen) atoms. The molecule has 0 aliphatic carbocycles. The molecule has 3 heteroatoms. The monoisotopic (exact) mass is 173 g/mol. The Balaban J connectivity index is 2.73. The Morgan fingerprint density at radius 3 is 2.91 bits per heavy atom. The molecule has 1 rings (SSSR count). The van der Waals surface area contributed by atoms with E-state index in [0.29, 0.717) is 0 Å². The molecule has 1 heterocycles. The molecular formula is C8H15NOS. The Bertz CT molecular complexity index is 167. The second-order valence-electron chi connectivity index (χ2n) is 3.46. The number of hydrogen-bond acceptors (Lipinski definition) is 2. The highest BCUT2D eigenvalue weighted by Crippen LogP contribution is 2.33. The SMILES string of the molecule is CC1C(=O)NCCSC1(C)C. The quantitative estimate of drug-likeness (QED) is 0.597. The molecule has 1 saturated heterocycles. The van der Waals surface area contributed by atoms with Gasteiger partial charge in [0.1, 0.15) is 0 Å². The van der Waals surface area contributed by atoms with Crippen molar-refractivity contribution in [2.75, 3.05) is 12.3 Å². The number of carbonyl (C=O) groups excluding carboxylic acids is 1. The van der Waals surface area contributed by atoms with Crippen molar-refractivity contribution in [3.8, 4) is 0 Å². The van der Waals surface area contributed by atoms with Gasteiger partial charge in [0.05, 0.1) is 0 Å². The second-order valence-corrected chi connectivity index (χ2v) is 5.21. The van der Waals surface area contributed by atoms with Crippen LogP contribution in [0, 0.1) is 5.92 Å². The van der Waals surface area contributed by atoms with Crippen molar-refractivity contribution in [3.05, 3.63) is 0 Å². The van der Waals surface area contributed by atoms with Crippen LogP contribution in [0.1, 0.15) is 20.8 Å². The summed E-state index contributed by atoms with van der Waals surface area (Å²) < 4.78 is 0.0978. The van der Waals surface area contributed by atoms with Gasteiger partial charge in [-0.05, 0) is 13.8 Å². The van der Waals surface area contributed by atoms with E-state index in [2.05, 4.69) is 19.2 Å². The van der Waals surface area contributed by atoms with E-state index in [-0.39, 0.29) is 16.6 Å². The van der Waals surface area contributed by atoms with E-state index in [9.17, 15) is 4.79 Å². The first-order valence-electron chi connectivity index (χ1n) is 3.96. The number of hydrogen-bond donors (Lipinski definition) is 1. The van der Waals surface area contributed by atoms with Gasteiger partial charge in [-0.3, -0.25) is 4.79 Å². The van der Waals surface area contributed by atoms with Crippen LogP contribution in [-0.4, -0.2) is 23.0 Å². The maximum Gasteiger partial charge on any atom is 0.224 e. The van der Waals surface area contributed by atoms with Crippen molar-refractivity contribution in [1.29, 1.82) is 0 Å². The van der Waals surface area contributed by atoms with Crippen LogP contribution >= 0.6 is 11.8 Å². The first-order valence-corrected chi connectivity index (χ1v) is 4.94. The summed E-state index contributed by atoms with van der Waals surface area (Å²) in [6.07, 6.45) is 0. The third-order valence-electron chi connectivity index (χ3n) is 2.31. The minimum atomic E-state index is 0.0978. The first kappa shape index (κ1) is 8.91. The average molecular weight is 173 g/mol. The van der Waals surface area contributed by atoms with E-state index in [1.54, 1.807) is 0 Å². The largest absolute Gasteiger partial charge is 0.355 e. The van der Waals surface area contributed by atoms with Crippen molar-refractivity contribution in [1.82, 2.24) is 5.32 Å². The Labute approximate surface area is 72.1 Å². The van der Waals surface area contributed by atoms with Crippen LogP contribution in [0.5, 0.6) is 0 Å². The number of carbonyl (C=O) groups is 1. The summed E-state index contributed by atoms with van der Waals surface area (Å²) in [5.74, 6) is 1.35. The predicted molar refractivity (Wildman–Crippen MR) is 48.7 cm³/mol. The zero-order chi connectivity index (χ0) is 8.48. The lowest BCUT2D eigenvalue weighted by molar-refractivity contribution is -0.124. The van der Waals surface area contributed by atoms with Gasteiger partial charge in [-0.25, -0.2) is 0 Å². The molecule has 1 fully saturated rings. The smallest absolute Gasteiger partial charge is 0.224 e. The molecule has 0 bridgehead atoms. The van der Waals surface area contributed by atoms with Crippen LogP contribution in [0.4, 0.5) is 0 Å². The van der Waals surface area contributed by atoms with Crippen molar-refractivity contribution >= 4 is 17.7 Å². The van der Waals surface area contributed by atoms with Crippen molar-refractivity contribution in [3.63, 3.8) is 0 Å². The first-order chi connectivity index (χ1) is 5.04. The van der Waals surface area contributed by atoms with Crippen LogP contribution in [0.2, 0.25) is 0 Å². The summed E-state index contributed by atoms with van der Waals surface area (Å²) in [4.78, 5) is 11.3. The Morgan fingerprint density at radius 2 is 2.27 bits per heavy atom. The third-order valence-corrected chi connectivity index (χ3v) is 3.82. The van der Waals surface area contributed by atoms with E-state index < -0.39 is 0 Å². The minimum Gasteiger partial charge on any atom is -0.355 e. The zero-order valence-corrected chi connectivity index (χ0v) is 8.12. The summed E-state index contributed by atoms with van der Waals surface area (Å²) in [7, 11) is 0. The fourth-order valence-corrected chi connectivity index (χ4v) is 2.17. The molecule has 1 aliphatic rings. The zero-order valence-electron chi connectivity index (χ0n) is 7.31. The number of thioether (sulfide) groups is 1. The lowest BCUT2D eigenvalue weighted by Crippen LogP contribution is -2.36. The number of amides is 1. The standard InChI is InChI=1S/C8H15NOS/c1-6-7(10)9-4-5-11-8(6,2)3/h6H,4-5H2,1-3H3,(H,9,10). The van der Waals surface area contributed by atoms with Gasteiger partial charge in [-0.1, -0.05) is 6.92 Å². The molecule has 1 aliphatic heterocycles. The summed E-state index contributed by atoms with van der Waals surface area (Å²) in [5, 5.41) is 2.89. The van der Waals surface area contributed by atoms with E-state index in [1.807, 2.05) is 18.7 Å². The van der Waals surface area contributed by atoms with E-state index in [1.165, 1.54) is 0 Å². The van der Waals surface area contributed by atoms with Gasteiger partial charge in [-0.15, -0.1) is 0 Å². The number of rotatable bonds is 0. The fraction of sp³-hybridized carbons (Fsp3) is 0.875. The molecule has 0 saturated carbocycles. The molecule has 1 unspecified atom stereocenters. The maximum absolute atomic E-state index is 11.3. The molecule has 0 aromatic rings. The van der Waals surface area contributed by atoms with Crippen LogP contribution in [-0.2, 0) is 4.79 Å². The van der Waals surface area contributed by atoms with E-state index in [4.69, 9.17) is 0 Å². The lowest BCUT2D eigenvalue weighted by atomic mass is 9.96. The molecule has 0 aromatic carbocycles. The van der Waals surface area contributed by atoms with E-state index >= 15 is 0 Å². The summed E-state index contributed by atoms with van der Waals surface area (Å²) >= 11 is 1.87. The highest BCUT2D eigenvalue weighted by molar-refractivity contribution is 8.00. The van der Waals surface area contributed by atoms with Crippen LogP contribution in [0.15, 0.2) is 0 Å². The van der Waals surface area contributed by atoms with E-state index in [0.717, 1.165) is 12.3 Å². The van der Waals surface area contributed by atoms with Gasteiger partial charge < -0.3 is 5.32 Å². The Kier molecular flexibility index (Phi) is 2.47. The summed E-state index contributed by atoms with van der Waals surface area (Å²) in [6, 6.07) is 0. The van der Waals surface area contributed by atoms with Gasteiger partial charge in [0.25, 0.3) is 0 Å². The lowest BCUT2D eigenvalue weighted by Gasteiger charge is -2.26. The molecule has 1 atom stereocenters. The fourth-order valence-electron chi connectivity index (χ4n) is 1.08. The average Bonchev–Trinajstić information content (AvgIpc) is 2.03. The normalized spacial score (nSPS) is 30.8. The molecule has 0 radical (unpaired) electrons. The van der Waals surface area contributed by atoms with Gasteiger partial charge in [0.2, 0.25) is 5.91 Å². The Hall–Kier alpha value is -0.180. The predicted octanol–water partition coefficient (Wildman–Crippen LogP) is 1.26. The second kappa shape index (κ2) is 3.05. The molecule has 2 nitrogen and oxygen atoms in total. The minimum absolute atomic E-state index is 0.0978. The molecule has 0 aromatic heterocycles. The molecule has 0 spiro atoms. The number of nitrogens with one attached hydrogen (secondary N) is 1. The highest BCUT2D eigenvalue weighted by atomic mass is 32.2. The van der Waals surface area contributed by atoms with Gasteiger partial charge in [0, 0.05) is 23.0 Å². The third kappa shape index (κ3) is 1.89. The topological polar surface area (TPSA) is 29.1 Å². The van der Waals surface area contributed by atoms with Crippen molar-refractivity contribution < 1.29 is 4.79 Å².